The van der Waals surface area contributed by atoms with E-state index in [2.05, 4.69) is 15.0 Å². The number of amides is 1. The summed E-state index contributed by atoms with van der Waals surface area (Å²) in [6, 6.07) is 3.86. The molecule has 1 aromatic rings. The fourth-order valence-corrected chi connectivity index (χ4v) is 4.40. The van der Waals surface area contributed by atoms with Crippen LogP contribution in [0.3, 0.4) is 0 Å². The SMILES string of the molecule is COC(C)(C)C(=O)N=C(N=CN)c1ccc([C@]2(C#N)O[C@H](COC(=O)CC3CCC3)[C@@H](OC(=O)[C@H](N)C(C)C)[C@H]2O)[nH]1. The number of aliphatic hydroxyl groups excluding tert-OH is 1. The maximum atomic E-state index is 12.8. The fraction of sp³-hybridized carbons (Fsp3) is 0.643. The Balaban J connectivity index is 1.93. The highest BCUT2D eigenvalue weighted by Crippen LogP contribution is 2.41. The quantitative estimate of drug-likeness (QED) is 0.161. The standard InChI is InChI=1S/C28H40N6O8/c1-15(2)21(31)25(37)41-22-18(12-40-20(35)11-16-7-6-8-16)42-28(13-29,23(22)36)19-10-9-17(33-19)24(32-14-30)34-26(38)27(3,4)39-5/h9-10,14-16,18,21-23,33,36H,6-8,11-12,31H2,1-5H3,(H2,30,32,34,38)/t18-,21-,22-,23-,28+/m1/s1. The molecule has 0 unspecified atom stereocenters. The highest BCUT2D eigenvalue weighted by molar-refractivity contribution is 6.08. The zero-order chi connectivity index (χ0) is 31.2. The smallest absolute Gasteiger partial charge is 0.323 e. The summed E-state index contributed by atoms with van der Waals surface area (Å²) in [5.74, 6) is -2.04. The molecule has 14 nitrogen and oxygen atoms in total. The number of aliphatic hydroxyl groups is 1. The predicted octanol–water partition coefficient (Wildman–Crippen LogP) is 0.807. The van der Waals surface area contributed by atoms with Crippen molar-refractivity contribution in [3.63, 3.8) is 0 Å². The largest absolute Gasteiger partial charge is 0.463 e. The highest BCUT2D eigenvalue weighted by Gasteiger charge is 2.59. The number of nitrogens with one attached hydrogen (secondary N) is 1. The Bertz CT molecular complexity index is 1250. The van der Waals surface area contributed by atoms with Gasteiger partial charge < -0.3 is 40.5 Å². The molecular formula is C28H40N6O8. The van der Waals surface area contributed by atoms with Gasteiger partial charge in [-0.25, -0.2) is 4.99 Å². The van der Waals surface area contributed by atoms with Gasteiger partial charge in [0, 0.05) is 13.5 Å². The summed E-state index contributed by atoms with van der Waals surface area (Å²) in [7, 11) is 1.36. The molecule has 5 atom stereocenters. The van der Waals surface area contributed by atoms with Gasteiger partial charge in [0.1, 0.15) is 36.5 Å². The number of ether oxygens (including phenoxy) is 4. The summed E-state index contributed by atoms with van der Waals surface area (Å²) in [5, 5.41) is 21.7. The topological polar surface area (TPSA) is 225 Å². The lowest BCUT2D eigenvalue weighted by molar-refractivity contribution is -0.162. The molecule has 0 bridgehead atoms. The normalized spacial score (nSPS) is 25.7. The Labute approximate surface area is 244 Å². The molecule has 14 heteroatoms. The summed E-state index contributed by atoms with van der Waals surface area (Å²) in [4.78, 5) is 48.7. The van der Waals surface area contributed by atoms with E-state index in [4.69, 9.17) is 30.4 Å². The molecule has 230 valence electrons. The molecule has 1 saturated carbocycles. The van der Waals surface area contributed by atoms with Gasteiger partial charge in [-0.3, -0.25) is 14.4 Å². The number of amidine groups is 1. The summed E-state index contributed by atoms with van der Waals surface area (Å²) in [5.41, 5.74) is 8.30. The van der Waals surface area contributed by atoms with E-state index in [1.54, 1.807) is 13.8 Å². The van der Waals surface area contributed by atoms with Crippen LogP contribution in [0.2, 0.25) is 0 Å². The van der Waals surface area contributed by atoms with E-state index in [0.717, 1.165) is 25.6 Å². The van der Waals surface area contributed by atoms with Crippen molar-refractivity contribution >= 4 is 30.0 Å². The first-order valence-corrected chi connectivity index (χ1v) is 13.8. The van der Waals surface area contributed by atoms with Gasteiger partial charge >= 0.3 is 11.9 Å². The predicted molar refractivity (Wildman–Crippen MR) is 150 cm³/mol. The monoisotopic (exact) mass is 588 g/mol. The average molecular weight is 589 g/mol. The van der Waals surface area contributed by atoms with Crippen molar-refractivity contribution < 1.29 is 38.4 Å². The van der Waals surface area contributed by atoms with Crippen LogP contribution in [-0.4, -0.2) is 83.8 Å². The molecule has 6 N–H and O–H groups in total. The summed E-state index contributed by atoms with van der Waals surface area (Å²) in [6.45, 7) is 6.15. The number of rotatable bonds is 11. The lowest BCUT2D eigenvalue weighted by atomic mass is 9.83. The van der Waals surface area contributed by atoms with Crippen LogP contribution in [0.4, 0.5) is 0 Å². The number of methoxy groups -OCH3 is 1. The molecule has 1 aliphatic heterocycles. The number of aromatic amines is 1. The number of carbonyl (C=O) groups excluding carboxylic acids is 3. The van der Waals surface area contributed by atoms with Crippen molar-refractivity contribution in [3.8, 4) is 6.07 Å². The Morgan fingerprint density at radius 1 is 1.33 bits per heavy atom. The minimum Gasteiger partial charge on any atom is -0.463 e. The molecule has 42 heavy (non-hydrogen) atoms. The van der Waals surface area contributed by atoms with Crippen LogP contribution in [0.25, 0.3) is 0 Å². The van der Waals surface area contributed by atoms with Crippen molar-refractivity contribution in [3.05, 3.63) is 23.5 Å². The average Bonchev–Trinajstić information content (AvgIpc) is 3.53. The van der Waals surface area contributed by atoms with Crippen molar-refractivity contribution in [2.45, 2.75) is 88.9 Å². The lowest BCUT2D eigenvalue weighted by Gasteiger charge is -2.25. The van der Waals surface area contributed by atoms with Gasteiger partial charge in [-0.15, -0.1) is 0 Å². The molecule has 0 radical (unpaired) electrons. The Kier molecular flexibility index (Phi) is 10.6. The summed E-state index contributed by atoms with van der Waals surface area (Å²) in [6.07, 6.45) is -0.181. The zero-order valence-electron chi connectivity index (χ0n) is 24.5. The molecule has 1 saturated heterocycles. The van der Waals surface area contributed by atoms with Crippen LogP contribution in [-0.2, 0) is 38.9 Å². The van der Waals surface area contributed by atoms with Gasteiger partial charge in [0.15, 0.2) is 11.9 Å². The van der Waals surface area contributed by atoms with E-state index in [0.29, 0.717) is 0 Å². The van der Waals surface area contributed by atoms with Gasteiger partial charge in [-0.05, 0) is 50.7 Å². The van der Waals surface area contributed by atoms with Crippen LogP contribution in [0.5, 0.6) is 0 Å². The number of esters is 2. The lowest BCUT2D eigenvalue weighted by Crippen LogP contribution is -2.46. The minimum atomic E-state index is -2.09. The molecular weight excluding hydrogens is 548 g/mol. The van der Waals surface area contributed by atoms with Crippen LogP contribution in [0.1, 0.15) is 64.8 Å². The summed E-state index contributed by atoms with van der Waals surface area (Å²) < 4.78 is 22.2. The van der Waals surface area contributed by atoms with Gasteiger partial charge in [-0.1, -0.05) is 20.3 Å². The first-order chi connectivity index (χ1) is 19.8. The van der Waals surface area contributed by atoms with E-state index in [1.165, 1.54) is 33.1 Å². The van der Waals surface area contributed by atoms with E-state index < -0.39 is 53.4 Å². The van der Waals surface area contributed by atoms with Crippen LogP contribution >= 0.6 is 0 Å². The number of aromatic nitrogens is 1. The third-order valence-electron chi connectivity index (χ3n) is 7.69. The first-order valence-electron chi connectivity index (χ1n) is 13.8. The third-order valence-corrected chi connectivity index (χ3v) is 7.69. The van der Waals surface area contributed by atoms with Gasteiger partial charge in [0.05, 0.1) is 17.7 Å². The Morgan fingerprint density at radius 3 is 2.57 bits per heavy atom. The number of nitrogens with two attached hydrogens (primary N) is 2. The van der Waals surface area contributed by atoms with E-state index in [-0.39, 0.29) is 42.1 Å². The third kappa shape index (κ3) is 7.04. The molecule has 2 heterocycles. The number of hydrogen-bond acceptors (Lipinski definition) is 10. The number of nitriles is 1. The van der Waals surface area contributed by atoms with Crippen molar-refractivity contribution in [1.82, 2.24) is 4.98 Å². The zero-order valence-corrected chi connectivity index (χ0v) is 24.5. The number of aliphatic imine (C=N–C) groups is 2. The molecule has 2 aliphatic rings. The van der Waals surface area contributed by atoms with Gasteiger partial charge in [0.25, 0.3) is 5.91 Å². The van der Waals surface area contributed by atoms with Gasteiger partial charge in [0.2, 0.25) is 5.60 Å². The number of H-pyrrole nitrogens is 1. The Morgan fingerprint density at radius 2 is 2.02 bits per heavy atom. The molecule has 3 rings (SSSR count). The maximum Gasteiger partial charge on any atom is 0.323 e. The molecule has 2 fully saturated rings. The van der Waals surface area contributed by atoms with Crippen LogP contribution < -0.4 is 11.5 Å². The Hall–Kier alpha value is -3.64. The number of hydrogen-bond donors (Lipinski definition) is 4. The first kappa shape index (κ1) is 32.9. The second-order valence-corrected chi connectivity index (χ2v) is 11.3. The van der Waals surface area contributed by atoms with Crippen LogP contribution in [0.15, 0.2) is 22.1 Å². The molecule has 0 aromatic carbocycles. The second kappa shape index (κ2) is 13.6. The number of nitrogens with zero attached hydrogens (tertiary/aromatic N) is 3. The van der Waals surface area contributed by atoms with Crippen molar-refractivity contribution in [2.24, 2.45) is 33.3 Å². The fourth-order valence-electron chi connectivity index (χ4n) is 4.40. The van der Waals surface area contributed by atoms with Crippen LogP contribution in [0, 0.1) is 23.2 Å². The van der Waals surface area contributed by atoms with Crippen molar-refractivity contribution in [2.75, 3.05) is 13.7 Å². The van der Waals surface area contributed by atoms with Gasteiger partial charge in [-0.2, -0.15) is 10.3 Å². The summed E-state index contributed by atoms with van der Waals surface area (Å²) >= 11 is 0. The van der Waals surface area contributed by atoms with E-state index in [1.807, 2.05) is 6.07 Å². The molecule has 1 aromatic heterocycles. The van der Waals surface area contributed by atoms with E-state index in [9.17, 15) is 24.8 Å². The second-order valence-electron chi connectivity index (χ2n) is 11.3. The van der Waals surface area contributed by atoms with Crippen molar-refractivity contribution in [1.29, 1.82) is 5.26 Å². The molecule has 1 aliphatic carbocycles. The maximum absolute atomic E-state index is 12.8. The van der Waals surface area contributed by atoms with E-state index >= 15 is 0 Å². The molecule has 1 amide bonds. The minimum absolute atomic E-state index is 0.0448. The molecule has 0 spiro atoms. The highest BCUT2D eigenvalue weighted by atomic mass is 16.6. The number of carbonyl (C=O) groups is 3.